The molecule has 98 valence electrons. The first-order valence-corrected chi connectivity index (χ1v) is 5.87. The van der Waals surface area contributed by atoms with Crippen LogP contribution in [0.2, 0.25) is 0 Å². The van der Waals surface area contributed by atoms with Crippen molar-refractivity contribution in [2.24, 2.45) is 10.9 Å². The number of hydrogen-bond acceptors (Lipinski definition) is 6. The van der Waals surface area contributed by atoms with Crippen LogP contribution < -0.4 is 5.73 Å². The number of hydrogen-bond donors (Lipinski definition) is 2. The number of pyridine rings is 1. The molecule has 1 aromatic heterocycles. The Balaban J connectivity index is 3.25. The van der Waals surface area contributed by atoms with Crippen molar-refractivity contribution in [2.45, 2.75) is 30.5 Å². The van der Waals surface area contributed by atoms with Crippen LogP contribution in [-0.2, 0) is 0 Å². The number of nitro groups is 1. The van der Waals surface area contributed by atoms with Crippen molar-refractivity contribution in [2.75, 3.05) is 0 Å². The van der Waals surface area contributed by atoms with Crippen LogP contribution in [0.1, 0.15) is 26.3 Å². The van der Waals surface area contributed by atoms with Crippen LogP contribution in [0.25, 0.3) is 0 Å². The standard InChI is InChI=1S/C10H14N4O3S/c1-10(2,3)18-9-7(14(16)17)4-6(5-12-9)8(11)13-15/h4-5,15H,1-3H3,(H2,11,13). The summed E-state index contributed by atoms with van der Waals surface area (Å²) >= 11 is 1.29. The second-order valence-corrected chi connectivity index (χ2v) is 6.32. The van der Waals surface area contributed by atoms with E-state index in [-0.39, 0.29) is 21.8 Å². The molecule has 0 aliphatic carbocycles. The zero-order valence-corrected chi connectivity index (χ0v) is 11.1. The van der Waals surface area contributed by atoms with Crippen LogP contribution in [0, 0.1) is 10.1 Å². The van der Waals surface area contributed by atoms with Crippen molar-refractivity contribution < 1.29 is 10.1 Å². The fourth-order valence-corrected chi connectivity index (χ4v) is 2.06. The fraction of sp³-hybridized carbons (Fsp3) is 0.400. The Morgan fingerprint density at radius 2 is 2.22 bits per heavy atom. The number of nitrogens with two attached hydrogens (primary N) is 1. The number of amidine groups is 1. The van der Waals surface area contributed by atoms with Gasteiger partial charge in [-0.3, -0.25) is 10.1 Å². The van der Waals surface area contributed by atoms with Gasteiger partial charge in [-0.1, -0.05) is 37.7 Å². The molecule has 0 radical (unpaired) electrons. The van der Waals surface area contributed by atoms with Crippen molar-refractivity contribution in [1.29, 1.82) is 0 Å². The summed E-state index contributed by atoms with van der Waals surface area (Å²) in [6.07, 6.45) is 1.34. The van der Waals surface area contributed by atoms with E-state index in [2.05, 4.69) is 10.1 Å². The molecule has 0 amide bonds. The molecular formula is C10H14N4O3S. The van der Waals surface area contributed by atoms with E-state index in [4.69, 9.17) is 10.9 Å². The maximum atomic E-state index is 11.0. The van der Waals surface area contributed by atoms with Gasteiger partial charge in [-0.25, -0.2) is 4.98 Å². The highest BCUT2D eigenvalue weighted by Gasteiger charge is 2.23. The summed E-state index contributed by atoms with van der Waals surface area (Å²) in [6, 6.07) is 1.25. The minimum atomic E-state index is -0.533. The van der Waals surface area contributed by atoms with Crippen molar-refractivity contribution in [1.82, 2.24) is 4.98 Å². The van der Waals surface area contributed by atoms with Gasteiger partial charge in [0.15, 0.2) is 10.9 Å². The van der Waals surface area contributed by atoms with Crippen molar-refractivity contribution in [3.63, 3.8) is 0 Å². The van der Waals surface area contributed by atoms with Gasteiger partial charge in [0.2, 0.25) is 0 Å². The summed E-state index contributed by atoms with van der Waals surface area (Å²) in [5.74, 6) is -0.210. The molecule has 8 heteroatoms. The topological polar surface area (TPSA) is 115 Å². The van der Waals surface area contributed by atoms with Crippen molar-refractivity contribution >= 4 is 23.3 Å². The molecule has 7 nitrogen and oxygen atoms in total. The summed E-state index contributed by atoms with van der Waals surface area (Å²) in [5, 5.41) is 22.6. The van der Waals surface area contributed by atoms with Gasteiger partial charge in [0.1, 0.15) is 0 Å². The average molecular weight is 270 g/mol. The summed E-state index contributed by atoms with van der Waals surface area (Å²) in [5.41, 5.74) is 5.43. The lowest BCUT2D eigenvalue weighted by atomic mass is 10.2. The van der Waals surface area contributed by atoms with Gasteiger partial charge in [-0.05, 0) is 0 Å². The van der Waals surface area contributed by atoms with E-state index in [1.54, 1.807) is 0 Å². The number of rotatable bonds is 3. The molecule has 0 atom stereocenters. The minimum Gasteiger partial charge on any atom is -0.409 e. The Bertz CT molecular complexity index is 496. The van der Waals surface area contributed by atoms with Gasteiger partial charge in [0.05, 0.1) is 4.92 Å². The zero-order valence-electron chi connectivity index (χ0n) is 10.2. The molecule has 0 bridgehead atoms. The number of aromatic nitrogens is 1. The summed E-state index contributed by atoms with van der Waals surface area (Å²) in [4.78, 5) is 14.5. The van der Waals surface area contributed by atoms with E-state index in [0.29, 0.717) is 5.03 Å². The molecule has 18 heavy (non-hydrogen) atoms. The van der Waals surface area contributed by atoms with Gasteiger partial charge in [-0.2, -0.15) is 0 Å². The van der Waals surface area contributed by atoms with E-state index >= 15 is 0 Å². The Morgan fingerprint density at radius 3 is 2.67 bits per heavy atom. The third kappa shape index (κ3) is 3.59. The Kier molecular flexibility index (Phi) is 4.12. The second kappa shape index (κ2) is 5.21. The molecule has 0 fully saturated rings. The third-order valence-corrected chi connectivity index (χ3v) is 2.96. The van der Waals surface area contributed by atoms with Gasteiger partial charge < -0.3 is 10.9 Å². The second-order valence-electron chi connectivity index (χ2n) is 4.51. The lowest BCUT2D eigenvalue weighted by molar-refractivity contribution is -0.388. The predicted octanol–water partition coefficient (Wildman–Crippen LogP) is 1.97. The normalized spacial score (nSPS) is 12.5. The van der Waals surface area contributed by atoms with E-state index in [9.17, 15) is 10.1 Å². The molecule has 0 saturated heterocycles. The SMILES string of the molecule is CC(C)(C)Sc1ncc(C(N)=NO)cc1[N+](=O)[O-]. The highest BCUT2D eigenvalue weighted by molar-refractivity contribution is 8.00. The predicted molar refractivity (Wildman–Crippen MR) is 69.0 cm³/mol. The monoisotopic (exact) mass is 270 g/mol. The fourth-order valence-electron chi connectivity index (χ4n) is 1.14. The van der Waals surface area contributed by atoms with E-state index in [0.717, 1.165) is 0 Å². The van der Waals surface area contributed by atoms with Crippen LogP contribution >= 0.6 is 11.8 Å². The van der Waals surface area contributed by atoms with Crippen LogP contribution in [0.3, 0.4) is 0 Å². The maximum Gasteiger partial charge on any atom is 0.302 e. The third-order valence-electron chi connectivity index (χ3n) is 1.84. The van der Waals surface area contributed by atoms with Gasteiger partial charge in [0.25, 0.3) is 0 Å². The Hall–Kier alpha value is -1.83. The molecule has 3 N–H and O–H groups in total. The van der Waals surface area contributed by atoms with Gasteiger partial charge in [-0.15, -0.1) is 0 Å². The Labute approximate surface area is 108 Å². The van der Waals surface area contributed by atoms with Gasteiger partial charge >= 0.3 is 5.69 Å². The van der Waals surface area contributed by atoms with Crippen LogP contribution in [-0.4, -0.2) is 25.7 Å². The first-order chi connectivity index (χ1) is 8.24. The molecule has 1 rings (SSSR count). The first kappa shape index (κ1) is 14.2. The van der Waals surface area contributed by atoms with Gasteiger partial charge in [0, 0.05) is 22.6 Å². The minimum absolute atomic E-state index is 0.154. The highest BCUT2D eigenvalue weighted by Crippen LogP contribution is 2.36. The smallest absolute Gasteiger partial charge is 0.302 e. The molecular weight excluding hydrogens is 256 g/mol. The summed E-state index contributed by atoms with van der Waals surface area (Å²) in [7, 11) is 0. The lowest BCUT2D eigenvalue weighted by Crippen LogP contribution is -2.15. The molecule has 0 spiro atoms. The van der Waals surface area contributed by atoms with Crippen molar-refractivity contribution in [3.8, 4) is 0 Å². The highest BCUT2D eigenvalue weighted by atomic mass is 32.2. The largest absolute Gasteiger partial charge is 0.409 e. The molecule has 0 aliphatic rings. The van der Waals surface area contributed by atoms with E-state index in [1.807, 2.05) is 20.8 Å². The molecule has 1 heterocycles. The van der Waals surface area contributed by atoms with Crippen LogP contribution in [0.5, 0.6) is 0 Å². The van der Waals surface area contributed by atoms with E-state index < -0.39 is 4.92 Å². The molecule has 0 aromatic carbocycles. The van der Waals surface area contributed by atoms with Crippen molar-refractivity contribution in [3.05, 3.63) is 27.9 Å². The average Bonchev–Trinajstić information content (AvgIpc) is 2.26. The Morgan fingerprint density at radius 1 is 1.61 bits per heavy atom. The molecule has 1 aromatic rings. The van der Waals surface area contributed by atoms with E-state index in [1.165, 1.54) is 24.0 Å². The number of nitrogens with zero attached hydrogens (tertiary/aromatic N) is 3. The molecule has 0 saturated carbocycles. The molecule has 0 unspecified atom stereocenters. The van der Waals surface area contributed by atoms with Crippen LogP contribution in [0.4, 0.5) is 5.69 Å². The molecule has 0 aliphatic heterocycles. The quantitative estimate of drug-likeness (QED) is 0.217. The number of thioether (sulfide) groups is 1. The summed E-state index contributed by atoms with van der Waals surface area (Å²) < 4.78 is -0.199. The maximum absolute atomic E-state index is 11.0. The summed E-state index contributed by atoms with van der Waals surface area (Å²) in [6.45, 7) is 5.79. The lowest BCUT2D eigenvalue weighted by Gasteiger charge is -2.16. The van der Waals surface area contributed by atoms with Crippen LogP contribution in [0.15, 0.2) is 22.4 Å². The first-order valence-electron chi connectivity index (χ1n) is 5.06. The zero-order chi connectivity index (χ0) is 13.9. The number of oxime groups is 1.